The highest BCUT2D eigenvalue weighted by molar-refractivity contribution is 5.96. The van der Waals surface area contributed by atoms with Crippen molar-refractivity contribution in [3.8, 4) is 0 Å². The molecule has 1 aliphatic heterocycles. The second-order valence-electron chi connectivity index (χ2n) is 3.25. The van der Waals surface area contributed by atoms with E-state index in [0.29, 0.717) is 5.82 Å². The lowest BCUT2D eigenvalue weighted by molar-refractivity contribution is -0.117. The first-order valence-electron chi connectivity index (χ1n) is 4.00. The van der Waals surface area contributed by atoms with Gasteiger partial charge in [0, 0.05) is 11.3 Å². The van der Waals surface area contributed by atoms with Gasteiger partial charge in [-0.3, -0.25) is 4.79 Å². The number of amides is 1. The zero-order valence-electron chi connectivity index (χ0n) is 7.69. The molecule has 1 aliphatic rings. The molecule has 1 heterocycles. The highest BCUT2D eigenvalue weighted by Crippen LogP contribution is 2.16. The molecule has 0 aliphatic carbocycles. The van der Waals surface area contributed by atoms with E-state index in [-0.39, 0.29) is 11.8 Å². The van der Waals surface area contributed by atoms with E-state index in [2.05, 4.69) is 17.2 Å². The Morgan fingerprint density at radius 2 is 1.92 bits per heavy atom. The molecule has 0 unspecified atom stereocenters. The van der Waals surface area contributed by atoms with Gasteiger partial charge in [-0.25, -0.2) is 0 Å². The van der Waals surface area contributed by atoms with Crippen LogP contribution in [-0.2, 0) is 4.79 Å². The van der Waals surface area contributed by atoms with E-state index in [0.717, 1.165) is 11.3 Å². The lowest BCUT2D eigenvalue weighted by Crippen LogP contribution is -2.39. The summed E-state index contributed by atoms with van der Waals surface area (Å²) in [6.07, 6.45) is 0. The smallest absolute Gasteiger partial charge is 0.254 e. The van der Waals surface area contributed by atoms with Crippen LogP contribution in [0.15, 0.2) is 23.7 Å². The zero-order valence-corrected chi connectivity index (χ0v) is 7.69. The molecule has 1 rings (SSSR count). The number of allylic oxidation sites excluding steroid dienone is 1. The van der Waals surface area contributed by atoms with E-state index < -0.39 is 0 Å². The molecule has 3 nitrogen and oxygen atoms in total. The van der Waals surface area contributed by atoms with Crippen LogP contribution in [0, 0.1) is 5.92 Å². The van der Waals surface area contributed by atoms with Crippen molar-refractivity contribution in [2.24, 2.45) is 5.92 Å². The van der Waals surface area contributed by atoms with Gasteiger partial charge in [-0.05, 0) is 12.8 Å². The highest BCUT2D eigenvalue weighted by Gasteiger charge is 2.21. The van der Waals surface area contributed by atoms with Crippen molar-refractivity contribution in [2.75, 3.05) is 0 Å². The summed E-state index contributed by atoms with van der Waals surface area (Å²) in [6, 6.07) is 0. The lowest BCUT2D eigenvalue weighted by Gasteiger charge is -2.23. The molecule has 0 saturated heterocycles. The number of carbonyl (C=O) groups is 1. The molecule has 0 atom stereocenters. The molecule has 0 aromatic rings. The van der Waals surface area contributed by atoms with Gasteiger partial charge in [-0.15, -0.1) is 0 Å². The van der Waals surface area contributed by atoms with Crippen LogP contribution in [0.1, 0.15) is 20.8 Å². The monoisotopic (exact) mass is 166 g/mol. The SMILES string of the molecule is C=C1NC(=O)C(C(C)C)=C(C)N1. The van der Waals surface area contributed by atoms with Crippen molar-refractivity contribution < 1.29 is 4.79 Å². The fourth-order valence-corrected chi connectivity index (χ4v) is 1.39. The summed E-state index contributed by atoms with van der Waals surface area (Å²) in [5, 5.41) is 5.63. The van der Waals surface area contributed by atoms with Gasteiger partial charge in [0.1, 0.15) is 5.82 Å². The molecule has 66 valence electrons. The Morgan fingerprint density at radius 1 is 1.33 bits per heavy atom. The van der Waals surface area contributed by atoms with Crippen molar-refractivity contribution in [1.29, 1.82) is 0 Å². The van der Waals surface area contributed by atoms with Gasteiger partial charge in [0.25, 0.3) is 5.91 Å². The Labute approximate surface area is 72.5 Å². The molecule has 0 radical (unpaired) electrons. The molecule has 0 spiro atoms. The predicted molar refractivity (Wildman–Crippen MR) is 48.0 cm³/mol. The average Bonchev–Trinajstić information content (AvgIpc) is 1.82. The van der Waals surface area contributed by atoms with Crippen molar-refractivity contribution in [2.45, 2.75) is 20.8 Å². The zero-order chi connectivity index (χ0) is 9.30. The summed E-state index contributed by atoms with van der Waals surface area (Å²) < 4.78 is 0. The van der Waals surface area contributed by atoms with Crippen LogP contribution < -0.4 is 10.6 Å². The van der Waals surface area contributed by atoms with Crippen LogP contribution in [0.3, 0.4) is 0 Å². The Balaban J connectivity index is 3.01. The van der Waals surface area contributed by atoms with E-state index in [1.807, 2.05) is 20.8 Å². The quantitative estimate of drug-likeness (QED) is 0.612. The molecule has 0 fully saturated rings. The minimum Gasteiger partial charge on any atom is -0.346 e. The first kappa shape index (κ1) is 8.84. The van der Waals surface area contributed by atoms with E-state index >= 15 is 0 Å². The number of rotatable bonds is 1. The van der Waals surface area contributed by atoms with Gasteiger partial charge in [0.15, 0.2) is 0 Å². The predicted octanol–water partition coefficient (Wildman–Crippen LogP) is 1.11. The molecule has 0 bridgehead atoms. The molecule has 0 saturated carbocycles. The van der Waals surface area contributed by atoms with Crippen LogP contribution in [0.2, 0.25) is 0 Å². The van der Waals surface area contributed by atoms with E-state index in [1.54, 1.807) is 0 Å². The van der Waals surface area contributed by atoms with Crippen LogP contribution in [0.4, 0.5) is 0 Å². The highest BCUT2D eigenvalue weighted by atomic mass is 16.2. The summed E-state index contributed by atoms with van der Waals surface area (Å²) in [6.45, 7) is 9.51. The van der Waals surface area contributed by atoms with Crippen LogP contribution in [0.25, 0.3) is 0 Å². The average molecular weight is 166 g/mol. The number of nitrogens with one attached hydrogen (secondary N) is 2. The summed E-state index contributed by atoms with van der Waals surface area (Å²) >= 11 is 0. The normalized spacial score (nSPS) is 18.0. The third kappa shape index (κ3) is 1.49. The van der Waals surface area contributed by atoms with Crippen LogP contribution in [0.5, 0.6) is 0 Å². The molecular weight excluding hydrogens is 152 g/mol. The van der Waals surface area contributed by atoms with Crippen molar-refractivity contribution in [3.63, 3.8) is 0 Å². The minimum absolute atomic E-state index is 0.0359. The van der Waals surface area contributed by atoms with Gasteiger partial charge in [-0.2, -0.15) is 0 Å². The third-order valence-corrected chi connectivity index (χ3v) is 1.83. The summed E-state index contributed by atoms with van der Waals surface area (Å²) in [4.78, 5) is 11.4. The molecule has 2 N–H and O–H groups in total. The van der Waals surface area contributed by atoms with E-state index in [1.165, 1.54) is 0 Å². The first-order chi connectivity index (χ1) is 5.52. The van der Waals surface area contributed by atoms with Gasteiger partial charge < -0.3 is 10.6 Å². The maximum atomic E-state index is 11.4. The van der Waals surface area contributed by atoms with Gasteiger partial charge in [0.05, 0.1) is 0 Å². The largest absolute Gasteiger partial charge is 0.346 e. The Hall–Kier alpha value is -1.25. The molecule has 0 aromatic carbocycles. The Bertz CT molecular complexity index is 264. The van der Waals surface area contributed by atoms with Gasteiger partial charge in [0.2, 0.25) is 0 Å². The Morgan fingerprint density at radius 3 is 2.33 bits per heavy atom. The standard InChI is InChI=1S/C9H14N2O/c1-5(2)8-6(3)10-7(4)11-9(8)12/h5,10H,4H2,1-3H3,(H,11,12). The van der Waals surface area contributed by atoms with Crippen molar-refractivity contribution in [1.82, 2.24) is 10.6 Å². The van der Waals surface area contributed by atoms with Gasteiger partial charge in [-0.1, -0.05) is 20.4 Å². The van der Waals surface area contributed by atoms with E-state index in [4.69, 9.17) is 0 Å². The first-order valence-corrected chi connectivity index (χ1v) is 4.00. The summed E-state index contributed by atoms with van der Waals surface area (Å²) in [7, 11) is 0. The number of hydrogen-bond acceptors (Lipinski definition) is 2. The Kier molecular flexibility index (Phi) is 2.22. The van der Waals surface area contributed by atoms with Gasteiger partial charge >= 0.3 is 0 Å². The fraction of sp³-hybridized carbons (Fsp3) is 0.444. The topological polar surface area (TPSA) is 41.1 Å². The lowest BCUT2D eigenvalue weighted by atomic mass is 9.99. The second-order valence-corrected chi connectivity index (χ2v) is 3.25. The van der Waals surface area contributed by atoms with Crippen LogP contribution >= 0.6 is 0 Å². The molecule has 3 heteroatoms. The summed E-state index contributed by atoms with van der Waals surface area (Å²) in [5.74, 6) is 0.763. The molecule has 12 heavy (non-hydrogen) atoms. The number of carbonyl (C=O) groups excluding carboxylic acids is 1. The molecule has 1 amide bonds. The fourth-order valence-electron chi connectivity index (χ4n) is 1.39. The van der Waals surface area contributed by atoms with E-state index in [9.17, 15) is 4.79 Å². The van der Waals surface area contributed by atoms with Crippen molar-refractivity contribution >= 4 is 5.91 Å². The van der Waals surface area contributed by atoms with Crippen molar-refractivity contribution in [3.05, 3.63) is 23.7 Å². The third-order valence-electron chi connectivity index (χ3n) is 1.83. The maximum Gasteiger partial charge on any atom is 0.254 e. The summed E-state index contributed by atoms with van der Waals surface area (Å²) in [5.41, 5.74) is 1.71. The number of hydrogen-bond donors (Lipinski definition) is 2. The molecule has 0 aromatic heterocycles. The second kappa shape index (κ2) is 3.01. The molecular formula is C9H14N2O. The minimum atomic E-state index is -0.0359. The maximum absolute atomic E-state index is 11.4. The van der Waals surface area contributed by atoms with Crippen LogP contribution in [-0.4, -0.2) is 5.91 Å².